The van der Waals surface area contributed by atoms with Gasteiger partial charge in [-0.3, -0.25) is 0 Å². The minimum absolute atomic E-state index is 0.00803. The van der Waals surface area contributed by atoms with Gasteiger partial charge in [-0.15, -0.1) is 13.2 Å². The van der Waals surface area contributed by atoms with E-state index in [1.54, 1.807) is 0 Å². The highest BCUT2D eigenvalue weighted by molar-refractivity contribution is 5.90. The topological polar surface area (TPSA) is 61.8 Å². The Balaban J connectivity index is 1.85. The number of carbonyl (C=O) groups excluding carboxylic acids is 2. The van der Waals surface area contributed by atoms with E-state index < -0.39 is 30.7 Å². The summed E-state index contributed by atoms with van der Waals surface area (Å²) in [6.07, 6.45) is -2.14. The second kappa shape index (κ2) is 9.30. The Morgan fingerprint density at radius 2 is 1.79 bits per heavy atom. The quantitative estimate of drug-likeness (QED) is 0.643. The Morgan fingerprint density at radius 3 is 2.36 bits per heavy atom. The van der Waals surface area contributed by atoms with Crippen LogP contribution in [0.2, 0.25) is 0 Å². The first kappa shape index (κ1) is 22.0. The van der Waals surface area contributed by atoms with E-state index >= 15 is 0 Å². The summed E-state index contributed by atoms with van der Waals surface area (Å²) >= 11 is 0. The van der Waals surface area contributed by atoms with Crippen molar-refractivity contribution in [3.05, 3.63) is 29.8 Å². The highest BCUT2D eigenvalue weighted by Crippen LogP contribution is 2.35. The Bertz CT molecular complexity index is 669. The summed E-state index contributed by atoms with van der Waals surface area (Å²) in [7, 11) is 0. The molecule has 0 saturated heterocycles. The first-order valence-corrected chi connectivity index (χ1v) is 9.27. The first-order valence-electron chi connectivity index (χ1n) is 9.27. The monoisotopic (exact) mass is 402 g/mol. The van der Waals surface area contributed by atoms with Crippen molar-refractivity contribution >= 4 is 11.9 Å². The largest absolute Gasteiger partial charge is 0.573 e. The molecule has 28 heavy (non-hydrogen) atoms. The number of rotatable bonds is 6. The van der Waals surface area contributed by atoms with Crippen LogP contribution in [0, 0.1) is 17.8 Å². The van der Waals surface area contributed by atoms with Gasteiger partial charge < -0.3 is 14.2 Å². The van der Waals surface area contributed by atoms with Gasteiger partial charge in [-0.05, 0) is 54.9 Å². The maximum Gasteiger partial charge on any atom is 0.573 e. The molecule has 0 amide bonds. The molecule has 1 aromatic carbocycles. The summed E-state index contributed by atoms with van der Waals surface area (Å²) in [5.41, 5.74) is 0.00803. The minimum Gasteiger partial charge on any atom is -0.460 e. The van der Waals surface area contributed by atoms with Crippen molar-refractivity contribution < 1.29 is 37.0 Å². The molecule has 1 fully saturated rings. The molecule has 1 aliphatic rings. The zero-order valence-corrected chi connectivity index (χ0v) is 16.1. The van der Waals surface area contributed by atoms with Crippen LogP contribution in [0.1, 0.15) is 50.4 Å². The molecule has 5 nitrogen and oxygen atoms in total. The van der Waals surface area contributed by atoms with Gasteiger partial charge in [0.05, 0.1) is 5.56 Å². The molecule has 0 spiro atoms. The molecule has 0 N–H and O–H groups in total. The lowest BCUT2D eigenvalue weighted by molar-refractivity contribution is -0.274. The Kier molecular flexibility index (Phi) is 7.32. The molecule has 0 radical (unpaired) electrons. The number of ether oxygens (including phenoxy) is 3. The van der Waals surface area contributed by atoms with Crippen molar-refractivity contribution in [1.82, 2.24) is 0 Å². The van der Waals surface area contributed by atoms with E-state index in [4.69, 9.17) is 9.47 Å². The van der Waals surface area contributed by atoms with Crippen LogP contribution < -0.4 is 4.74 Å². The number of halogens is 3. The van der Waals surface area contributed by atoms with Crippen LogP contribution in [0.3, 0.4) is 0 Å². The number of benzene rings is 1. The smallest absolute Gasteiger partial charge is 0.460 e. The average Bonchev–Trinajstić information content (AvgIpc) is 2.58. The van der Waals surface area contributed by atoms with Gasteiger partial charge in [-0.25, -0.2) is 9.59 Å². The van der Waals surface area contributed by atoms with Gasteiger partial charge in [-0.2, -0.15) is 0 Å². The van der Waals surface area contributed by atoms with Crippen LogP contribution in [-0.4, -0.2) is 31.0 Å². The molecule has 0 bridgehead atoms. The fourth-order valence-corrected chi connectivity index (χ4v) is 3.45. The third-order valence-electron chi connectivity index (χ3n) is 4.89. The third-order valence-corrected chi connectivity index (χ3v) is 4.89. The van der Waals surface area contributed by atoms with E-state index in [9.17, 15) is 22.8 Å². The average molecular weight is 402 g/mol. The predicted octanol–water partition coefficient (Wildman–Crippen LogP) is 4.75. The molecular formula is C20H25F3O5. The molecule has 156 valence electrons. The summed E-state index contributed by atoms with van der Waals surface area (Å²) in [5, 5.41) is 0. The predicted molar refractivity (Wildman–Crippen MR) is 94.6 cm³/mol. The number of carbonyl (C=O) groups is 2. The van der Waals surface area contributed by atoms with Crippen LogP contribution in [0.4, 0.5) is 13.2 Å². The number of hydrogen-bond donors (Lipinski definition) is 0. The Hall–Kier alpha value is -2.25. The fourth-order valence-electron chi connectivity index (χ4n) is 3.45. The normalized spacial score (nSPS) is 22.6. The zero-order chi connectivity index (χ0) is 20.9. The van der Waals surface area contributed by atoms with E-state index in [-0.39, 0.29) is 17.6 Å². The highest BCUT2D eigenvalue weighted by atomic mass is 19.4. The lowest BCUT2D eigenvalue weighted by Gasteiger charge is -2.36. The van der Waals surface area contributed by atoms with Crippen LogP contribution in [-0.2, 0) is 14.3 Å². The van der Waals surface area contributed by atoms with E-state index in [0.29, 0.717) is 11.8 Å². The molecule has 1 saturated carbocycles. The standard InChI is InChI=1S/C20H25F3O5/c1-12(2)16-9-4-13(3)10-17(16)27-18(24)11-26-19(25)14-5-7-15(8-6-14)28-20(21,22)23/h5-8,12-13,16-17H,4,9-11H2,1-3H3/t13-,16+,17-/m1/s1. The highest BCUT2D eigenvalue weighted by Gasteiger charge is 2.33. The second-order valence-corrected chi connectivity index (χ2v) is 7.50. The lowest BCUT2D eigenvalue weighted by Crippen LogP contribution is -2.36. The van der Waals surface area contributed by atoms with Crippen LogP contribution >= 0.6 is 0 Å². The van der Waals surface area contributed by atoms with Gasteiger partial charge >= 0.3 is 18.3 Å². The Labute approximate surface area is 162 Å². The maximum atomic E-state index is 12.1. The van der Waals surface area contributed by atoms with Gasteiger partial charge in [-0.1, -0.05) is 27.2 Å². The molecule has 8 heteroatoms. The van der Waals surface area contributed by atoms with Crippen molar-refractivity contribution in [3.63, 3.8) is 0 Å². The molecule has 1 aromatic rings. The number of alkyl halides is 3. The van der Waals surface area contributed by atoms with Crippen molar-refractivity contribution in [1.29, 1.82) is 0 Å². The molecule has 1 aliphatic carbocycles. The SMILES string of the molecule is CC(C)[C@@H]1CC[C@@H](C)C[C@H]1OC(=O)COC(=O)c1ccc(OC(F)(F)F)cc1. The lowest BCUT2D eigenvalue weighted by atomic mass is 9.75. The summed E-state index contributed by atoms with van der Waals surface area (Å²) in [4.78, 5) is 24.1. The molecule has 0 heterocycles. The van der Waals surface area contributed by atoms with Gasteiger partial charge in [0.15, 0.2) is 6.61 Å². The molecule has 2 rings (SSSR count). The van der Waals surface area contributed by atoms with Gasteiger partial charge in [0.1, 0.15) is 11.9 Å². The van der Waals surface area contributed by atoms with E-state index in [1.165, 1.54) is 0 Å². The molecular weight excluding hydrogens is 377 g/mol. The fraction of sp³-hybridized carbons (Fsp3) is 0.600. The van der Waals surface area contributed by atoms with E-state index in [1.807, 2.05) is 0 Å². The Morgan fingerprint density at radius 1 is 1.14 bits per heavy atom. The first-order chi connectivity index (χ1) is 13.0. The summed E-state index contributed by atoms with van der Waals surface area (Å²) < 4.78 is 50.6. The number of hydrogen-bond acceptors (Lipinski definition) is 5. The van der Waals surface area contributed by atoms with Crippen molar-refractivity contribution in [2.75, 3.05) is 6.61 Å². The van der Waals surface area contributed by atoms with Gasteiger partial charge in [0, 0.05) is 0 Å². The third kappa shape index (κ3) is 6.73. The second-order valence-electron chi connectivity index (χ2n) is 7.50. The maximum absolute atomic E-state index is 12.1. The number of esters is 2. The summed E-state index contributed by atoms with van der Waals surface area (Å²) in [5.74, 6) is -0.784. The summed E-state index contributed by atoms with van der Waals surface area (Å²) in [6.45, 7) is 5.75. The zero-order valence-electron chi connectivity index (χ0n) is 16.1. The van der Waals surface area contributed by atoms with Crippen molar-refractivity contribution in [3.8, 4) is 5.75 Å². The minimum atomic E-state index is -4.81. The molecule has 3 atom stereocenters. The molecule has 0 unspecified atom stereocenters. The van der Waals surface area contributed by atoms with E-state index in [2.05, 4.69) is 25.5 Å². The molecule has 0 aliphatic heterocycles. The van der Waals surface area contributed by atoms with Crippen LogP contribution in [0.15, 0.2) is 24.3 Å². The van der Waals surface area contributed by atoms with Crippen molar-refractivity contribution in [2.45, 2.75) is 52.5 Å². The van der Waals surface area contributed by atoms with Crippen molar-refractivity contribution in [2.24, 2.45) is 17.8 Å². The van der Waals surface area contributed by atoms with Crippen LogP contribution in [0.25, 0.3) is 0 Å². The van der Waals surface area contributed by atoms with Gasteiger partial charge in [0.25, 0.3) is 0 Å². The summed E-state index contributed by atoms with van der Waals surface area (Å²) in [6, 6.07) is 4.26. The van der Waals surface area contributed by atoms with E-state index in [0.717, 1.165) is 43.5 Å². The van der Waals surface area contributed by atoms with Gasteiger partial charge in [0.2, 0.25) is 0 Å². The molecule has 0 aromatic heterocycles. The van der Waals surface area contributed by atoms with Crippen LogP contribution in [0.5, 0.6) is 5.75 Å².